The van der Waals surface area contributed by atoms with Crippen molar-refractivity contribution in [1.82, 2.24) is 14.5 Å². The molecule has 168 valence electrons. The van der Waals surface area contributed by atoms with Crippen molar-refractivity contribution in [2.45, 2.75) is 38.9 Å². The first-order chi connectivity index (χ1) is 15.7. The summed E-state index contributed by atoms with van der Waals surface area (Å²) >= 11 is 0. The number of piperazine rings is 1. The van der Waals surface area contributed by atoms with Crippen LogP contribution in [0.15, 0.2) is 41.2 Å². The van der Waals surface area contributed by atoms with Crippen molar-refractivity contribution in [3.05, 3.63) is 81.0 Å². The minimum absolute atomic E-state index is 0.0305. The van der Waals surface area contributed by atoms with Crippen LogP contribution in [0.4, 0.5) is 21.6 Å². The van der Waals surface area contributed by atoms with Crippen LogP contribution in [-0.2, 0) is 7.05 Å². The molecule has 1 aromatic carbocycles. The first kappa shape index (κ1) is 22.4. The van der Waals surface area contributed by atoms with Crippen molar-refractivity contribution in [3.8, 4) is 0 Å². The van der Waals surface area contributed by atoms with Gasteiger partial charge in [0.1, 0.15) is 5.82 Å². The molecule has 0 spiro atoms. The van der Waals surface area contributed by atoms with Crippen molar-refractivity contribution in [2.24, 2.45) is 7.05 Å². The van der Waals surface area contributed by atoms with E-state index in [1.54, 1.807) is 41.9 Å². The van der Waals surface area contributed by atoms with E-state index >= 15 is 0 Å². The summed E-state index contributed by atoms with van der Waals surface area (Å²) in [6, 6.07) is 9.55. The van der Waals surface area contributed by atoms with Gasteiger partial charge < -0.3 is 14.3 Å². The SMILES string of the molecule is [C-]#[N+]c1ccc(C(C)N2C[C@H](C)N(c3cc(=O)n(C)c4ccc([N+]#[C-])nc34)C[C@H]2C)c(F)c1. The van der Waals surface area contributed by atoms with Gasteiger partial charge in [-0.05, 0) is 39.0 Å². The van der Waals surface area contributed by atoms with E-state index in [-0.39, 0.29) is 35.3 Å². The number of pyridine rings is 2. The molecule has 0 bridgehead atoms. The molecule has 1 aliphatic heterocycles. The van der Waals surface area contributed by atoms with Crippen LogP contribution in [0.2, 0.25) is 0 Å². The highest BCUT2D eigenvalue weighted by molar-refractivity contribution is 5.89. The Hall–Kier alpha value is -3.75. The second-order valence-electron chi connectivity index (χ2n) is 8.62. The van der Waals surface area contributed by atoms with E-state index in [4.69, 9.17) is 13.1 Å². The summed E-state index contributed by atoms with van der Waals surface area (Å²) in [5, 5.41) is 0. The number of hydrogen-bond donors (Lipinski definition) is 0. The van der Waals surface area contributed by atoms with E-state index in [1.165, 1.54) is 6.07 Å². The lowest BCUT2D eigenvalue weighted by atomic mass is 9.99. The van der Waals surface area contributed by atoms with Gasteiger partial charge >= 0.3 is 0 Å². The molecule has 3 atom stereocenters. The number of nitrogens with zero attached hydrogens (tertiary/aromatic N) is 6. The topological polar surface area (TPSA) is 50.1 Å². The van der Waals surface area contributed by atoms with Crippen LogP contribution in [-0.4, -0.2) is 39.6 Å². The molecule has 3 aromatic rings. The molecule has 0 amide bonds. The second kappa shape index (κ2) is 8.65. The number of aromatic nitrogens is 2. The standard InChI is InChI=1S/C25H25FN6O/c1-15-14-32(22-12-24(33)30(6)21-9-10-23(28-5)29-25(21)22)16(2)13-31(15)17(3)19-8-7-18(27-4)11-20(19)26/h7-12,15-17H,13-14H2,1-3,6H3/t15-,16+,17?/m1/s1. The number of fused-ring (bicyclic) bond motifs is 1. The summed E-state index contributed by atoms with van der Waals surface area (Å²) in [5.74, 6) is -0.0830. The summed E-state index contributed by atoms with van der Waals surface area (Å²) < 4.78 is 16.2. The zero-order valence-corrected chi connectivity index (χ0v) is 19.1. The molecule has 2 aromatic heterocycles. The number of hydrogen-bond acceptors (Lipinski definition) is 4. The smallest absolute Gasteiger partial charge is 0.270 e. The fourth-order valence-corrected chi connectivity index (χ4v) is 4.71. The van der Waals surface area contributed by atoms with Crippen molar-refractivity contribution in [1.29, 1.82) is 0 Å². The van der Waals surface area contributed by atoms with E-state index < -0.39 is 0 Å². The third-order valence-electron chi connectivity index (χ3n) is 6.57. The lowest BCUT2D eigenvalue weighted by Gasteiger charge is -2.47. The van der Waals surface area contributed by atoms with Crippen molar-refractivity contribution >= 4 is 28.2 Å². The molecule has 0 aliphatic carbocycles. The molecule has 1 unspecified atom stereocenters. The van der Waals surface area contributed by atoms with E-state index in [0.29, 0.717) is 35.4 Å². The molecule has 4 rings (SSSR count). The molecule has 0 saturated carbocycles. The Morgan fingerprint density at radius 1 is 1.09 bits per heavy atom. The summed E-state index contributed by atoms with van der Waals surface area (Å²) in [6.07, 6.45) is 0. The van der Waals surface area contributed by atoms with Gasteiger partial charge in [-0.15, -0.1) is 4.98 Å². The molecule has 0 N–H and O–H groups in total. The predicted molar refractivity (Wildman–Crippen MR) is 127 cm³/mol. The van der Waals surface area contributed by atoms with E-state index in [1.807, 2.05) is 6.92 Å². The molecule has 0 radical (unpaired) electrons. The first-order valence-corrected chi connectivity index (χ1v) is 10.8. The van der Waals surface area contributed by atoms with Gasteiger partial charge in [-0.3, -0.25) is 9.69 Å². The fourth-order valence-electron chi connectivity index (χ4n) is 4.71. The maximum atomic E-state index is 14.7. The van der Waals surface area contributed by atoms with E-state index in [9.17, 15) is 9.18 Å². The molecule has 8 heteroatoms. The van der Waals surface area contributed by atoms with Gasteiger partial charge in [0.2, 0.25) is 5.52 Å². The van der Waals surface area contributed by atoms with Gasteiger partial charge in [0, 0.05) is 49.9 Å². The first-order valence-electron chi connectivity index (χ1n) is 10.8. The van der Waals surface area contributed by atoms with Crippen LogP contribution in [0.25, 0.3) is 20.7 Å². The molecule has 7 nitrogen and oxygen atoms in total. The Labute approximate surface area is 192 Å². The average molecular weight is 445 g/mol. The summed E-state index contributed by atoms with van der Waals surface area (Å²) in [7, 11) is 1.70. The highest BCUT2D eigenvalue weighted by atomic mass is 19.1. The lowest BCUT2D eigenvalue weighted by Crippen LogP contribution is -2.57. The van der Waals surface area contributed by atoms with Gasteiger partial charge in [-0.1, -0.05) is 18.7 Å². The fraction of sp³-hybridized carbons (Fsp3) is 0.360. The predicted octanol–water partition coefficient (Wildman–Crippen LogP) is 4.83. The molecule has 1 saturated heterocycles. The average Bonchev–Trinajstić information content (AvgIpc) is 2.81. The minimum atomic E-state index is -0.369. The quantitative estimate of drug-likeness (QED) is 0.543. The van der Waals surface area contributed by atoms with Crippen molar-refractivity contribution in [2.75, 3.05) is 18.0 Å². The number of rotatable bonds is 3. The third kappa shape index (κ3) is 3.94. The van der Waals surface area contributed by atoms with Crippen LogP contribution in [0, 0.1) is 19.0 Å². The normalized spacial score (nSPS) is 19.8. The second-order valence-corrected chi connectivity index (χ2v) is 8.62. The zero-order chi connectivity index (χ0) is 23.9. The van der Waals surface area contributed by atoms with Crippen molar-refractivity contribution < 1.29 is 4.39 Å². The Kier molecular flexibility index (Phi) is 5.88. The monoisotopic (exact) mass is 444 g/mol. The van der Waals surface area contributed by atoms with Crippen LogP contribution >= 0.6 is 0 Å². The highest BCUT2D eigenvalue weighted by Crippen LogP contribution is 2.34. The van der Waals surface area contributed by atoms with Crippen LogP contribution in [0.5, 0.6) is 0 Å². The van der Waals surface area contributed by atoms with Gasteiger partial charge in [0.25, 0.3) is 11.4 Å². The van der Waals surface area contributed by atoms with Crippen LogP contribution in [0.3, 0.4) is 0 Å². The largest absolute Gasteiger partial charge is 0.362 e. The molecule has 3 heterocycles. The number of halogens is 1. The van der Waals surface area contributed by atoms with Crippen LogP contribution < -0.4 is 10.5 Å². The summed E-state index contributed by atoms with van der Waals surface area (Å²) in [6.45, 7) is 21.8. The van der Waals surface area contributed by atoms with Crippen LogP contribution in [0.1, 0.15) is 32.4 Å². The molecule has 1 aliphatic rings. The van der Waals surface area contributed by atoms with E-state index in [2.05, 4.69) is 38.3 Å². The maximum absolute atomic E-state index is 14.7. The van der Waals surface area contributed by atoms with Gasteiger partial charge in [-0.25, -0.2) is 9.24 Å². The third-order valence-corrected chi connectivity index (χ3v) is 6.57. The molecular formula is C25H25FN6O. The lowest BCUT2D eigenvalue weighted by molar-refractivity contribution is 0.117. The van der Waals surface area contributed by atoms with Gasteiger partial charge in [-0.2, -0.15) is 0 Å². The van der Waals surface area contributed by atoms with E-state index in [0.717, 1.165) is 5.69 Å². The molecular weight excluding hydrogens is 419 g/mol. The number of benzene rings is 1. The van der Waals surface area contributed by atoms with Gasteiger partial charge in [0.05, 0.1) is 17.8 Å². The summed E-state index contributed by atoms with van der Waals surface area (Å²) in [5.41, 5.74) is 2.76. The maximum Gasteiger partial charge on any atom is 0.270 e. The molecule has 33 heavy (non-hydrogen) atoms. The Morgan fingerprint density at radius 3 is 2.52 bits per heavy atom. The summed E-state index contributed by atoms with van der Waals surface area (Å²) in [4.78, 5) is 28.3. The molecule has 1 fully saturated rings. The highest BCUT2D eigenvalue weighted by Gasteiger charge is 2.34. The Morgan fingerprint density at radius 2 is 1.85 bits per heavy atom. The van der Waals surface area contributed by atoms with Crippen molar-refractivity contribution in [3.63, 3.8) is 0 Å². The van der Waals surface area contributed by atoms with Gasteiger partial charge in [0.15, 0.2) is 5.69 Å². The Bertz CT molecular complexity index is 1370. The zero-order valence-electron chi connectivity index (χ0n) is 19.1. The number of aryl methyl sites for hydroxylation is 1. The minimum Gasteiger partial charge on any atom is -0.362 e. The number of anilines is 1. The Balaban J connectivity index is 1.69.